The van der Waals surface area contributed by atoms with Crippen LogP contribution in [0.1, 0.15) is 17.2 Å². The molecule has 0 saturated carbocycles. The van der Waals surface area contributed by atoms with Gasteiger partial charge in [-0.25, -0.2) is 12.4 Å². The van der Waals surface area contributed by atoms with Gasteiger partial charge in [-0.1, -0.05) is 29.8 Å². The van der Waals surface area contributed by atoms with Crippen molar-refractivity contribution in [3.8, 4) is 0 Å². The van der Waals surface area contributed by atoms with Gasteiger partial charge in [-0.2, -0.15) is 0 Å². The molecule has 2 atom stereocenters. The predicted octanol–water partition coefficient (Wildman–Crippen LogP) is 2.17. The maximum absolute atomic E-state index is 13.0. The molecule has 1 aliphatic heterocycles. The number of hydrogen-bond donors (Lipinski definition) is 2. The Bertz CT molecular complexity index is 1040. The summed E-state index contributed by atoms with van der Waals surface area (Å²) in [5, 5.41) is 14.4. The van der Waals surface area contributed by atoms with Crippen LogP contribution in [0.25, 0.3) is 10.9 Å². The van der Waals surface area contributed by atoms with Gasteiger partial charge in [0.05, 0.1) is 17.1 Å². The lowest BCUT2D eigenvalue weighted by Crippen LogP contribution is -2.22. The molecular weight excluding hydrogens is 352 g/mol. The van der Waals surface area contributed by atoms with Crippen LogP contribution in [0.5, 0.6) is 0 Å². The topological polar surface area (TPSA) is 80.6 Å². The van der Waals surface area contributed by atoms with E-state index in [0.717, 1.165) is 5.56 Å². The summed E-state index contributed by atoms with van der Waals surface area (Å²) >= 11 is 0. The fourth-order valence-corrected chi connectivity index (χ4v) is 4.63. The largest absolute Gasteiger partial charge is 0.386 e. The molecule has 3 aromatic rings. The molecule has 0 aliphatic carbocycles. The molecule has 26 heavy (non-hydrogen) atoms. The van der Waals surface area contributed by atoms with Crippen molar-refractivity contribution in [2.75, 3.05) is 13.3 Å². The number of ether oxygens (including phenoxy) is 1. The molecule has 0 amide bonds. The molecule has 0 spiro atoms. The Hall–Kier alpha value is -2.19. The third-order valence-corrected chi connectivity index (χ3v) is 6.43. The molecule has 2 N–H and O–H groups in total. The van der Waals surface area contributed by atoms with Crippen LogP contribution < -0.4 is 5.32 Å². The Balaban J connectivity index is 1.80. The van der Waals surface area contributed by atoms with E-state index in [4.69, 9.17) is 4.74 Å². The minimum absolute atomic E-state index is 0.231. The molecule has 136 valence electrons. The van der Waals surface area contributed by atoms with Gasteiger partial charge in [0.25, 0.3) is 10.0 Å². The van der Waals surface area contributed by atoms with Crippen LogP contribution >= 0.6 is 0 Å². The Kier molecular flexibility index (Phi) is 4.32. The third kappa shape index (κ3) is 2.83. The minimum Gasteiger partial charge on any atom is -0.386 e. The van der Waals surface area contributed by atoms with Crippen LogP contribution in [0.2, 0.25) is 0 Å². The van der Waals surface area contributed by atoms with Gasteiger partial charge in [-0.05, 0) is 36.8 Å². The maximum Gasteiger partial charge on any atom is 0.268 e. The number of rotatable bonds is 4. The zero-order valence-electron chi connectivity index (χ0n) is 14.3. The van der Waals surface area contributed by atoms with Crippen molar-refractivity contribution in [3.63, 3.8) is 0 Å². The van der Waals surface area contributed by atoms with Gasteiger partial charge >= 0.3 is 0 Å². The quantitative estimate of drug-likeness (QED) is 0.734. The highest BCUT2D eigenvalue weighted by molar-refractivity contribution is 7.90. The lowest BCUT2D eigenvalue weighted by Gasteiger charge is -2.18. The summed E-state index contributed by atoms with van der Waals surface area (Å²) in [7, 11) is -3.71. The van der Waals surface area contributed by atoms with Crippen LogP contribution in [0.4, 0.5) is 0 Å². The molecule has 1 fully saturated rings. The first-order valence-electron chi connectivity index (χ1n) is 8.41. The molecule has 2 aromatic carbocycles. The fourth-order valence-electron chi connectivity index (χ4n) is 3.29. The average Bonchev–Trinajstić information content (AvgIpc) is 3.31. The van der Waals surface area contributed by atoms with Crippen LogP contribution in [0.3, 0.4) is 0 Å². The summed E-state index contributed by atoms with van der Waals surface area (Å²) in [6.45, 7) is 2.87. The summed E-state index contributed by atoms with van der Waals surface area (Å²) in [5.41, 5.74) is 2.19. The predicted molar refractivity (Wildman–Crippen MR) is 98.4 cm³/mol. The van der Waals surface area contributed by atoms with Crippen molar-refractivity contribution in [1.82, 2.24) is 9.29 Å². The van der Waals surface area contributed by atoms with Crippen molar-refractivity contribution in [2.24, 2.45) is 0 Å². The van der Waals surface area contributed by atoms with Crippen molar-refractivity contribution in [2.45, 2.75) is 24.0 Å². The van der Waals surface area contributed by atoms with Gasteiger partial charge in [-0.15, -0.1) is 0 Å². The monoisotopic (exact) mass is 372 g/mol. The maximum atomic E-state index is 13.0. The highest BCUT2D eigenvalue weighted by Gasteiger charge is 2.28. The Morgan fingerprint density at radius 2 is 1.96 bits per heavy atom. The molecule has 0 bridgehead atoms. The number of nitrogens with one attached hydrogen (secondary N) is 1. The molecule has 2 unspecified atom stereocenters. The summed E-state index contributed by atoms with van der Waals surface area (Å²) in [6, 6.07) is 13.8. The van der Waals surface area contributed by atoms with Gasteiger partial charge in [0.15, 0.2) is 0 Å². The van der Waals surface area contributed by atoms with E-state index in [1.165, 1.54) is 10.2 Å². The normalized spacial score (nSPS) is 19.1. The first-order chi connectivity index (χ1) is 12.5. The number of aromatic nitrogens is 1. The van der Waals surface area contributed by atoms with E-state index in [1.807, 2.05) is 6.92 Å². The number of aliphatic hydroxyl groups excluding tert-OH is 1. The van der Waals surface area contributed by atoms with Crippen LogP contribution in [-0.2, 0) is 14.8 Å². The minimum atomic E-state index is -3.71. The summed E-state index contributed by atoms with van der Waals surface area (Å²) in [5.74, 6) is 0. The number of aliphatic hydroxyl groups is 1. The van der Waals surface area contributed by atoms with Gasteiger partial charge in [0.1, 0.15) is 12.2 Å². The zero-order valence-corrected chi connectivity index (χ0v) is 15.1. The number of benzene rings is 2. The Morgan fingerprint density at radius 1 is 1.19 bits per heavy atom. The SMILES string of the molecule is Cc1ccc(S(=O)(=O)n2ccc3c(C(O)C4CNCO4)cccc32)cc1. The second-order valence-corrected chi connectivity index (χ2v) is 8.27. The van der Waals surface area contributed by atoms with E-state index < -0.39 is 16.1 Å². The Labute approximate surface area is 152 Å². The lowest BCUT2D eigenvalue weighted by atomic mass is 10.0. The molecule has 4 rings (SSSR count). The second kappa shape index (κ2) is 6.51. The van der Waals surface area contributed by atoms with E-state index in [9.17, 15) is 13.5 Å². The zero-order chi connectivity index (χ0) is 18.3. The first-order valence-corrected chi connectivity index (χ1v) is 9.85. The molecule has 0 radical (unpaired) electrons. The van der Waals surface area contributed by atoms with E-state index in [0.29, 0.717) is 29.7 Å². The van der Waals surface area contributed by atoms with Crippen molar-refractivity contribution in [1.29, 1.82) is 0 Å². The molecule has 2 heterocycles. The van der Waals surface area contributed by atoms with Gasteiger partial charge in [0, 0.05) is 18.1 Å². The van der Waals surface area contributed by atoms with Gasteiger partial charge < -0.3 is 9.84 Å². The van der Waals surface area contributed by atoms with E-state index >= 15 is 0 Å². The molecular formula is C19H20N2O4S. The molecule has 6 nitrogen and oxygen atoms in total. The second-order valence-electron chi connectivity index (χ2n) is 6.46. The Morgan fingerprint density at radius 3 is 2.65 bits per heavy atom. The van der Waals surface area contributed by atoms with E-state index in [1.54, 1.807) is 48.5 Å². The van der Waals surface area contributed by atoms with E-state index in [2.05, 4.69) is 5.32 Å². The molecule has 1 saturated heterocycles. The van der Waals surface area contributed by atoms with Gasteiger partial charge in [0.2, 0.25) is 0 Å². The first kappa shape index (κ1) is 17.2. The number of hydrogen-bond acceptors (Lipinski definition) is 5. The van der Waals surface area contributed by atoms with Crippen LogP contribution in [0.15, 0.2) is 59.6 Å². The number of aryl methyl sites for hydroxylation is 1. The number of nitrogens with zero attached hydrogens (tertiary/aromatic N) is 1. The van der Waals surface area contributed by atoms with Crippen molar-refractivity contribution in [3.05, 3.63) is 65.9 Å². The van der Waals surface area contributed by atoms with Crippen molar-refractivity contribution < 1.29 is 18.3 Å². The molecule has 7 heteroatoms. The lowest BCUT2D eigenvalue weighted by molar-refractivity contribution is 0.00288. The highest BCUT2D eigenvalue weighted by atomic mass is 32.2. The van der Waals surface area contributed by atoms with E-state index in [-0.39, 0.29) is 11.0 Å². The molecule has 1 aliphatic rings. The third-order valence-electron chi connectivity index (χ3n) is 4.72. The fraction of sp³-hybridized carbons (Fsp3) is 0.263. The van der Waals surface area contributed by atoms with Gasteiger partial charge in [-0.3, -0.25) is 5.32 Å². The van der Waals surface area contributed by atoms with Crippen molar-refractivity contribution >= 4 is 20.9 Å². The standard InChI is InChI=1S/C19H20N2O4S/c1-13-5-7-14(8-6-13)26(23,24)21-10-9-15-16(3-2-4-17(15)21)19(22)18-11-20-12-25-18/h2-10,18-20,22H,11-12H2,1H3. The van der Waals surface area contributed by atoms with Crippen LogP contribution in [-0.4, -0.2) is 36.9 Å². The van der Waals surface area contributed by atoms with Crippen LogP contribution in [0, 0.1) is 6.92 Å². The molecule has 1 aromatic heterocycles. The highest BCUT2D eigenvalue weighted by Crippen LogP contribution is 2.31. The summed E-state index contributed by atoms with van der Waals surface area (Å²) < 4.78 is 32.8. The number of fused-ring (bicyclic) bond motifs is 1. The average molecular weight is 372 g/mol. The summed E-state index contributed by atoms with van der Waals surface area (Å²) in [6.07, 6.45) is 0.355. The summed E-state index contributed by atoms with van der Waals surface area (Å²) in [4.78, 5) is 0.231. The smallest absolute Gasteiger partial charge is 0.268 e.